The number of nitrogens with one attached hydrogen (secondary N) is 1. The zero-order valence-corrected chi connectivity index (χ0v) is 21.5. The standard InChI is InChI=1S/C28H32F2N4O4/c1-27(2,37)20-13-21(33-24(14-20)34-23-12-17(25(29)30)10-11-31-23)18-6-9-22(32-15-18)28(3,38)19-7-4-16(5-8-19)26(35)36/h6,9-16,19,25,37-38H,4-5,7-8H2,1-3H3,(H,35,36)(H,31,33,34). The topological polar surface area (TPSA) is 128 Å². The highest BCUT2D eigenvalue weighted by atomic mass is 19.3. The summed E-state index contributed by atoms with van der Waals surface area (Å²) >= 11 is 0. The molecule has 8 nitrogen and oxygen atoms in total. The Balaban J connectivity index is 1.60. The Labute approximate surface area is 219 Å². The summed E-state index contributed by atoms with van der Waals surface area (Å²) in [5, 5.41) is 34.1. The summed E-state index contributed by atoms with van der Waals surface area (Å²) in [4.78, 5) is 24.5. The molecule has 10 heteroatoms. The van der Waals surface area contributed by atoms with Crippen LogP contribution in [0.5, 0.6) is 0 Å². The van der Waals surface area contributed by atoms with Crippen molar-refractivity contribution in [2.75, 3.05) is 5.32 Å². The molecule has 0 saturated heterocycles. The number of anilines is 2. The summed E-state index contributed by atoms with van der Waals surface area (Å²) in [5.41, 5.74) is -0.479. The summed E-state index contributed by atoms with van der Waals surface area (Å²) in [6, 6.07) is 9.32. The highest BCUT2D eigenvalue weighted by Gasteiger charge is 2.39. The number of carboxylic acid groups (broad SMARTS) is 1. The predicted octanol–water partition coefficient (Wildman–Crippen LogP) is 5.55. The van der Waals surface area contributed by atoms with Crippen LogP contribution in [0.3, 0.4) is 0 Å². The van der Waals surface area contributed by atoms with Crippen LogP contribution in [0.25, 0.3) is 11.3 Å². The van der Waals surface area contributed by atoms with Crippen LogP contribution in [-0.4, -0.2) is 36.2 Å². The van der Waals surface area contributed by atoms with Crippen molar-refractivity contribution in [3.8, 4) is 11.3 Å². The Morgan fingerprint density at radius 2 is 1.71 bits per heavy atom. The Morgan fingerprint density at radius 3 is 2.29 bits per heavy atom. The molecule has 1 saturated carbocycles. The molecule has 202 valence electrons. The SMILES string of the molecule is CC(C)(O)c1cc(Nc2cc(C(F)F)ccn2)nc(-c2ccc(C(C)(O)C3CCC(C(=O)O)CC3)nc2)c1. The van der Waals surface area contributed by atoms with E-state index in [0.717, 1.165) is 0 Å². The molecule has 1 atom stereocenters. The van der Waals surface area contributed by atoms with Crippen LogP contribution in [0.1, 0.15) is 69.7 Å². The van der Waals surface area contributed by atoms with Gasteiger partial charge in [0, 0.05) is 23.5 Å². The van der Waals surface area contributed by atoms with Crippen molar-refractivity contribution in [3.05, 3.63) is 65.6 Å². The van der Waals surface area contributed by atoms with Gasteiger partial charge in [0.25, 0.3) is 6.43 Å². The fourth-order valence-electron chi connectivity index (χ4n) is 4.83. The predicted molar refractivity (Wildman–Crippen MR) is 138 cm³/mol. The highest BCUT2D eigenvalue weighted by molar-refractivity contribution is 5.70. The van der Waals surface area contributed by atoms with Gasteiger partial charge in [0.1, 0.15) is 17.2 Å². The van der Waals surface area contributed by atoms with E-state index in [1.165, 1.54) is 18.3 Å². The van der Waals surface area contributed by atoms with Gasteiger partial charge >= 0.3 is 5.97 Å². The number of rotatable bonds is 8. The third-order valence-electron chi connectivity index (χ3n) is 7.27. The van der Waals surface area contributed by atoms with E-state index in [1.54, 1.807) is 51.2 Å². The number of nitrogens with zero attached hydrogens (tertiary/aromatic N) is 3. The average molecular weight is 527 g/mol. The van der Waals surface area contributed by atoms with Crippen LogP contribution < -0.4 is 5.32 Å². The Morgan fingerprint density at radius 1 is 1.00 bits per heavy atom. The molecule has 3 aromatic heterocycles. The maximum Gasteiger partial charge on any atom is 0.306 e. The van der Waals surface area contributed by atoms with Gasteiger partial charge in [-0.05, 0) is 94.3 Å². The molecular weight excluding hydrogens is 494 g/mol. The van der Waals surface area contributed by atoms with Crippen LogP contribution in [0.2, 0.25) is 0 Å². The first-order chi connectivity index (χ1) is 17.8. The van der Waals surface area contributed by atoms with Crippen molar-refractivity contribution in [3.63, 3.8) is 0 Å². The average Bonchev–Trinajstić information content (AvgIpc) is 2.88. The van der Waals surface area contributed by atoms with E-state index in [0.29, 0.717) is 54.0 Å². The number of carbonyl (C=O) groups is 1. The number of hydrogen-bond donors (Lipinski definition) is 4. The van der Waals surface area contributed by atoms with Gasteiger partial charge in [0.2, 0.25) is 0 Å². The van der Waals surface area contributed by atoms with Crippen molar-refractivity contribution >= 4 is 17.6 Å². The number of aromatic nitrogens is 3. The summed E-state index contributed by atoms with van der Waals surface area (Å²) < 4.78 is 26.2. The Kier molecular flexibility index (Phi) is 7.75. The van der Waals surface area contributed by atoms with E-state index in [2.05, 4.69) is 20.3 Å². The van der Waals surface area contributed by atoms with Crippen molar-refractivity contribution in [1.82, 2.24) is 15.0 Å². The third-order valence-corrected chi connectivity index (χ3v) is 7.27. The fraction of sp³-hybridized carbons (Fsp3) is 0.429. The van der Waals surface area contributed by atoms with Crippen LogP contribution in [-0.2, 0) is 16.0 Å². The molecule has 0 aliphatic heterocycles. The lowest BCUT2D eigenvalue weighted by atomic mass is 9.73. The molecule has 3 heterocycles. The second-order valence-electron chi connectivity index (χ2n) is 10.6. The van der Waals surface area contributed by atoms with Crippen molar-refractivity contribution in [1.29, 1.82) is 0 Å². The molecule has 0 radical (unpaired) electrons. The number of pyridine rings is 3. The zero-order valence-electron chi connectivity index (χ0n) is 21.5. The minimum absolute atomic E-state index is 0.111. The molecule has 0 aromatic carbocycles. The largest absolute Gasteiger partial charge is 0.481 e. The smallest absolute Gasteiger partial charge is 0.306 e. The zero-order chi connectivity index (χ0) is 27.7. The van der Waals surface area contributed by atoms with E-state index in [-0.39, 0.29) is 23.2 Å². The van der Waals surface area contributed by atoms with Gasteiger partial charge < -0.3 is 20.6 Å². The maximum absolute atomic E-state index is 13.1. The van der Waals surface area contributed by atoms with Gasteiger partial charge in [-0.15, -0.1) is 0 Å². The second-order valence-corrected chi connectivity index (χ2v) is 10.6. The number of carboxylic acids is 1. The van der Waals surface area contributed by atoms with E-state index >= 15 is 0 Å². The third kappa shape index (κ3) is 6.14. The number of hydrogen-bond acceptors (Lipinski definition) is 7. The van der Waals surface area contributed by atoms with Crippen molar-refractivity contribution in [2.45, 2.75) is 64.1 Å². The normalized spacial score (nSPS) is 19.7. The molecule has 1 unspecified atom stereocenters. The fourth-order valence-corrected chi connectivity index (χ4v) is 4.83. The molecule has 1 fully saturated rings. The second kappa shape index (κ2) is 10.7. The molecule has 38 heavy (non-hydrogen) atoms. The quantitative estimate of drug-likeness (QED) is 0.301. The number of aliphatic hydroxyl groups is 2. The van der Waals surface area contributed by atoms with E-state index < -0.39 is 23.6 Å². The van der Waals surface area contributed by atoms with Crippen LogP contribution in [0, 0.1) is 11.8 Å². The molecule has 3 aromatic rings. The molecule has 1 aliphatic carbocycles. The minimum atomic E-state index is -2.64. The summed E-state index contributed by atoms with van der Waals surface area (Å²) in [6.45, 7) is 4.96. The lowest BCUT2D eigenvalue weighted by Crippen LogP contribution is -2.36. The Hall–Kier alpha value is -3.50. The van der Waals surface area contributed by atoms with Crippen LogP contribution >= 0.6 is 0 Å². The summed E-state index contributed by atoms with van der Waals surface area (Å²) in [7, 11) is 0. The lowest BCUT2D eigenvalue weighted by molar-refractivity contribution is -0.144. The summed E-state index contributed by atoms with van der Waals surface area (Å²) in [5.74, 6) is -0.776. The van der Waals surface area contributed by atoms with E-state index in [9.17, 15) is 28.9 Å². The Bertz CT molecular complexity index is 1280. The molecule has 0 amide bonds. The number of aliphatic carboxylic acids is 1. The molecule has 0 bridgehead atoms. The van der Waals surface area contributed by atoms with E-state index in [1.807, 2.05) is 0 Å². The number of alkyl halides is 2. The first-order valence-corrected chi connectivity index (χ1v) is 12.5. The highest BCUT2D eigenvalue weighted by Crippen LogP contribution is 2.40. The molecule has 0 spiro atoms. The monoisotopic (exact) mass is 526 g/mol. The van der Waals surface area contributed by atoms with Crippen LogP contribution in [0.4, 0.5) is 20.4 Å². The minimum Gasteiger partial charge on any atom is -0.481 e. The van der Waals surface area contributed by atoms with Crippen molar-refractivity contribution in [2.24, 2.45) is 11.8 Å². The van der Waals surface area contributed by atoms with Crippen molar-refractivity contribution < 1.29 is 28.9 Å². The van der Waals surface area contributed by atoms with Gasteiger partial charge in [-0.3, -0.25) is 9.78 Å². The first kappa shape index (κ1) is 27.5. The molecule has 4 N–H and O–H groups in total. The van der Waals surface area contributed by atoms with Gasteiger partial charge in [0.05, 0.1) is 22.9 Å². The van der Waals surface area contributed by atoms with Crippen LogP contribution in [0.15, 0.2) is 48.8 Å². The van der Waals surface area contributed by atoms with E-state index in [4.69, 9.17) is 0 Å². The molecular formula is C28H32F2N4O4. The molecule has 4 rings (SSSR count). The van der Waals surface area contributed by atoms with Gasteiger partial charge in [-0.2, -0.15) is 0 Å². The maximum atomic E-state index is 13.1. The van der Waals surface area contributed by atoms with Gasteiger partial charge in [-0.1, -0.05) is 0 Å². The lowest BCUT2D eigenvalue weighted by Gasteiger charge is -2.36. The summed E-state index contributed by atoms with van der Waals surface area (Å²) in [6.07, 6.45) is 2.46. The molecule has 1 aliphatic rings. The van der Waals surface area contributed by atoms with Gasteiger partial charge in [-0.25, -0.2) is 18.7 Å². The van der Waals surface area contributed by atoms with Gasteiger partial charge in [0.15, 0.2) is 0 Å². The first-order valence-electron chi connectivity index (χ1n) is 12.5. The number of halogens is 2.